The molecule has 0 atom stereocenters. The number of aromatic carboxylic acids is 1. The maximum Gasteiger partial charge on any atom is 0.353 e. The largest absolute Gasteiger partial charge is 0.477 e. The van der Waals surface area contributed by atoms with E-state index in [0.717, 1.165) is 12.1 Å². The van der Waals surface area contributed by atoms with Gasteiger partial charge in [-0.2, -0.15) is 5.26 Å². The summed E-state index contributed by atoms with van der Waals surface area (Å²) in [6.07, 6.45) is 0. The third-order valence-corrected chi connectivity index (χ3v) is 4.98. The van der Waals surface area contributed by atoms with Crippen molar-refractivity contribution in [3.8, 4) is 28.3 Å². The molecule has 0 fully saturated rings. The van der Waals surface area contributed by atoms with Gasteiger partial charge in [-0.3, -0.25) is 0 Å². The number of carboxylic acid groups (broad SMARTS) is 1. The molecule has 26 heavy (non-hydrogen) atoms. The Morgan fingerprint density at radius 3 is 2.31 bits per heavy atom. The maximum absolute atomic E-state index is 13.9. The first-order valence-electron chi connectivity index (χ1n) is 7.42. The maximum atomic E-state index is 13.9. The van der Waals surface area contributed by atoms with Gasteiger partial charge in [-0.05, 0) is 39.2 Å². The molecule has 0 aliphatic carbocycles. The summed E-state index contributed by atoms with van der Waals surface area (Å²) in [5.41, 5.74) is 1.69. The average Bonchev–Trinajstić information content (AvgIpc) is 2.86. The number of nitrogens with zero attached hydrogens (tertiary/aromatic N) is 2. The van der Waals surface area contributed by atoms with Crippen molar-refractivity contribution in [2.24, 2.45) is 7.05 Å². The molecule has 4 nitrogen and oxygen atoms in total. The van der Waals surface area contributed by atoms with E-state index in [0.29, 0.717) is 15.7 Å². The smallest absolute Gasteiger partial charge is 0.353 e. The summed E-state index contributed by atoms with van der Waals surface area (Å²) in [7, 11) is 1.54. The molecule has 0 unspecified atom stereocenters. The fourth-order valence-corrected chi connectivity index (χ4v) is 3.29. The molecule has 0 amide bonds. The standard InChI is InChI=1S/C19H11BrF2N2O2/c1-24-17(19(25)26)16(14(9-23)18(24)20)11-4-2-10(3-5-11)13-7-6-12(21)8-15(13)22/h2-8H,1H3,(H,25,26). The predicted octanol–water partition coefficient (Wildman–Crippen LogP) is 4.97. The third kappa shape index (κ3) is 2.89. The summed E-state index contributed by atoms with van der Waals surface area (Å²) in [4.78, 5) is 11.6. The van der Waals surface area contributed by atoms with Crippen LogP contribution in [0.1, 0.15) is 16.1 Å². The second kappa shape index (κ2) is 6.73. The molecule has 0 saturated carbocycles. The van der Waals surface area contributed by atoms with Gasteiger partial charge < -0.3 is 9.67 Å². The van der Waals surface area contributed by atoms with Crippen LogP contribution in [0.4, 0.5) is 8.78 Å². The number of carbonyl (C=O) groups is 1. The van der Waals surface area contributed by atoms with Crippen molar-refractivity contribution in [2.45, 2.75) is 0 Å². The number of aromatic nitrogens is 1. The zero-order chi connectivity index (χ0) is 19.0. The van der Waals surface area contributed by atoms with E-state index in [1.54, 1.807) is 31.3 Å². The number of halogens is 3. The zero-order valence-electron chi connectivity index (χ0n) is 13.4. The van der Waals surface area contributed by atoms with Gasteiger partial charge in [0.05, 0.1) is 5.56 Å². The van der Waals surface area contributed by atoms with Gasteiger partial charge in [0.1, 0.15) is 28.0 Å². The Morgan fingerprint density at radius 1 is 1.15 bits per heavy atom. The van der Waals surface area contributed by atoms with E-state index in [-0.39, 0.29) is 22.4 Å². The van der Waals surface area contributed by atoms with Crippen molar-refractivity contribution >= 4 is 21.9 Å². The van der Waals surface area contributed by atoms with Crippen molar-refractivity contribution in [1.82, 2.24) is 4.57 Å². The molecule has 0 spiro atoms. The molecule has 1 aromatic heterocycles. The Bertz CT molecular complexity index is 1070. The molecule has 130 valence electrons. The minimum absolute atomic E-state index is 0.0332. The lowest BCUT2D eigenvalue weighted by Gasteiger charge is -2.07. The topological polar surface area (TPSA) is 66.0 Å². The predicted molar refractivity (Wildman–Crippen MR) is 95.6 cm³/mol. The molecule has 0 aliphatic rings. The van der Waals surface area contributed by atoms with E-state index < -0.39 is 17.6 Å². The van der Waals surface area contributed by atoms with Crippen molar-refractivity contribution in [3.63, 3.8) is 0 Å². The molecule has 1 heterocycles. The lowest BCUT2D eigenvalue weighted by molar-refractivity contribution is 0.0687. The van der Waals surface area contributed by atoms with E-state index in [9.17, 15) is 23.9 Å². The van der Waals surface area contributed by atoms with Gasteiger partial charge in [-0.25, -0.2) is 13.6 Å². The van der Waals surface area contributed by atoms with Gasteiger partial charge in [0.15, 0.2) is 0 Å². The fraction of sp³-hybridized carbons (Fsp3) is 0.0526. The van der Waals surface area contributed by atoms with Crippen LogP contribution in [-0.4, -0.2) is 15.6 Å². The molecule has 1 N–H and O–H groups in total. The van der Waals surface area contributed by atoms with E-state index in [1.165, 1.54) is 10.6 Å². The Morgan fingerprint density at radius 2 is 1.77 bits per heavy atom. The summed E-state index contributed by atoms with van der Waals surface area (Å²) >= 11 is 3.24. The molecule has 3 aromatic rings. The number of nitriles is 1. The highest BCUT2D eigenvalue weighted by Gasteiger charge is 2.25. The molecule has 0 radical (unpaired) electrons. The summed E-state index contributed by atoms with van der Waals surface area (Å²) in [5.74, 6) is -2.52. The molecular weight excluding hydrogens is 406 g/mol. The zero-order valence-corrected chi connectivity index (χ0v) is 15.0. The lowest BCUT2D eigenvalue weighted by atomic mass is 9.98. The SMILES string of the molecule is Cn1c(Br)c(C#N)c(-c2ccc(-c3ccc(F)cc3F)cc2)c1C(=O)O. The quantitative estimate of drug-likeness (QED) is 0.655. The Hall–Kier alpha value is -2.98. The monoisotopic (exact) mass is 416 g/mol. The summed E-state index contributed by atoms with van der Waals surface area (Å²) in [5, 5.41) is 18.9. The summed E-state index contributed by atoms with van der Waals surface area (Å²) in [6.45, 7) is 0. The van der Waals surface area contributed by atoms with Gasteiger partial charge in [0, 0.05) is 24.2 Å². The van der Waals surface area contributed by atoms with Crippen LogP contribution in [0.2, 0.25) is 0 Å². The minimum atomic E-state index is -1.17. The number of rotatable bonds is 3. The molecule has 0 bridgehead atoms. The van der Waals surface area contributed by atoms with Crippen LogP contribution < -0.4 is 0 Å². The average molecular weight is 417 g/mol. The highest BCUT2D eigenvalue weighted by Crippen LogP contribution is 2.36. The lowest BCUT2D eigenvalue weighted by Crippen LogP contribution is -2.06. The van der Waals surface area contributed by atoms with Crippen LogP contribution in [-0.2, 0) is 7.05 Å². The van der Waals surface area contributed by atoms with Crippen LogP contribution in [0.3, 0.4) is 0 Å². The van der Waals surface area contributed by atoms with Gasteiger partial charge in [0.25, 0.3) is 0 Å². The molecule has 0 aliphatic heterocycles. The van der Waals surface area contributed by atoms with Crippen LogP contribution in [0.15, 0.2) is 47.1 Å². The Kier molecular flexibility index (Phi) is 4.62. The second-order valence-electron chi connectivity index (χ2n) is 5.57. The van der Waals surface area contributed by atoms with Crippen LogP contribution in [0, 0.1) is 23.0 Å². The normalized spacial score (nSPS) is 10.6. The van der Waals surface area contributed by atoms with Gasteiger partial charge >= 0.3 is 5.97 Å². The number of carboxylic acids is 1. The first kappa shape index (κ1) is 17.8. The molecule has 0 saturated heterocycles. The van der Waals surface area contributed by atoms with E-state index in [2.05, 4.69) is 15.9 Å². The fourth-order valence-electron chi connectivity index (χ4n) is 2.83. The van der Waals surface area contributed by atoms with E-state index in [4.69, 9.17) is 0 Å². The molecule has 2 aromatic carbocycles. The number of hydrogen-bond acceptors (Lipinski definition) is 2. The molecule has 7 heteroatoms. The number of benzene rings is 2. The Balaban J connectivity index is 2.14. The third-order valence-electron chi connectivity index (χ3n) is 4.05. The van der Waals surface area contributed by atoms with Crippen LogP contribution >= 0.6 is 15.9 Å². The number of hydrogen-bond donors (Lipinski definition) is 1. The first-order chi connectivity index (χ1) is 12.3. The van der Waals surface area contributed by atoms with Crippen molar-refractivity contribution in [1.29, 1.82) is 5.26 Å². The molecular formula is C19H11BrF2N2O2. The minimum Gasteiger partial charge on any atom is -0.477 e. The highest BCUT2D eigenvalue weighted by molar-refractivity contribution is 9.10. The first-order valence-corrected chi connectivity index (χ1v) is 8.22. The Labute approximate surface area is 156 Å². The molecule has 3 rings (SSSR count). The second-order valence-corrected chi connectivity index (χ2v) is 6.32. The van der Waals surface area contributed by atoms with Crippen LogP contribution in [0.25, 0.3) is 22.3 Å². The van der Waals surface area contributed by atoms with Crippen molar-refractivity contribution < 1.29 is 18.7 Å². The summed E-state index contributed by atoms with van der Waals surface area (Å²) in [6, 6.07) is 11.7. The van der Waals surface area contributed by atoms with Crippen LogP contribution in [0.5, 0.6) is 0 Å². The van der Waals surface area contributed by atoms with Crippen molar-refractivity contribution in [2.75, 3.05) is 0 Å². The van der Waals surface area contributed by atoms with E-state index in [1.807, 2.05) is 6.07 Å². The van der Waals surface area contributed by atoms with Gasteiger partial charge in [0.2, 0.25) is 0 Å². The highest BCUT2D eigenvalue weighted by atomic mass is 79.9. The van der Waals surface area contributed by atoms with Gasteiger partial charge in [-0.1, -0.05) is 24.3 Å². The van der Waals surface area contributed by atoms with Gasteiger partial charge in [-0.15, -0.1) is 0 Å². The van der Waals surface area contributed by atoms with E-state index >= 15 is 0 Å². The van der Waals surface area contributed by atoms with Crippen molar-refractivity contribution in [3.05, 3.63) is 70.0 Å². The summed E-state index contributed by atoms with van der Waals surface area (Å²) < 4.78 is 28.7.